The summed E-state index contributed by atoms with van der Waals surface area (Å²) in [4.78, 5) is 8.22. The molecule has 16 heavy (non-hydrogen) atoms. The molecule has 0 spiro atoms. The smallest absolute Gasteiger partial charge is 0.194 e. The van der Waals surface area contributed by atoms with Crippen LogP contribution in [0.4, 0.5) is 0 Å². The van der Waals surface area contributed by atoms with Crippen LogP contribution in [-0.2, 0) is 6.54 Å². The number of piperazine rings is 1. The van der Waals surface area contributed by atoms with Crippen molar-refractivity contribution in [3.05, 3.63) is 23.0 Å². The number of fused-ring (bicyclic) bond motifs is 1. The first-order chi connectivity index (χ1) is 7.83. The predicted octanol–water partition coefficient (Wildman–Crippen LogP) is 1.11. The van der Waals surface area contributed by atoms with E-state index in [2.05, 4.69) is 38.1 Å². The molecule has 0 bridgehead atoms. The molecule has 1 aliphatic rings. The maximum Gasteiger partial charge on any atom is 0.194 e. The standard InChI is InChI=1S/C11H16N4S/c1-9-8-16-11-13-10(7-15(9)11)6-14-4-2-12-3-5-14/h7-8,12H,2-6H2,1H3. The van der Waals surface area contributed by atoms with Crippen LogP contribution >= 0.6 is 11.3 Å². The first-order valence-electron chi connectivity index (χ1n) is 5.68. The minimum absolute atomic E-state index is 0.982. The lowest BCUT2D eigenvalue weighted by molar-refractivity contribution is 0.231. The van der Waals surface area contributed by atoms with Gasteiger partial charge in [0.1, 0.15) is 0 Å². The highest BCUT2D eigenvalue weighted by Gasteiger charge is 2.12. The van der Waals surface area contributed by atoms with Crippen LogP contribution in [0, 0.1) is 6.92 Å². The van der Waals surface area contributed by atoms with Gasteiger partial charge in [-0.2, -0.15) is 0 Å². The van der Waals surface area contributed by atoms with E-state index < -0.39 is 0 Å². The van der Waals surface area contributed by atoms with Crippen molar-refractivity contribution >= 4 is 16.3 Å². The Kier molecular flexibility index (Phi) is 2.67. The maximum absolute atomic E-state index is 4.65. The molecule has 1 N–H and O–H groups in total. The van der Waals surface area contributed by atoms with Gasteiger partial charge in [-0.05, 0) is 6.92 Å². The average Bonchev–Trinajstić information content (AvgIpc) is 2.83. The zero-order valence-electron chi connectivity index (χ0n) is 9.44. The van der Waals surface area contributed by atoms with Gasteiger partial charge in [0, 0.05) is 50.0 Å². The summed E-state index contributed by atoms with van der Waals surface area (Å²) in [5, 5.41) is 5.52. The molecule has 5 heteroatoms. The summed E-state index contributed by atoms with van der Waals surface area (Å²) in [6, 6.07) is 0. The van der Waals surface area contributed by atoms with Crippen molar-refractivity contribution in [3.63, 3.8) is 0 Å². The molecule has 86 valence electrons. The molecule has 0 aromatic carbocycles. The quantitative estimate of drug-likeness (QED) is 0.848. The Bertz CT molecular complexity index is 481. The van der Waals surface area contributed by atoms with Crippen molar-refractivity contribution in [2.45, 2.75) is 13.5 Å². The van der Waals surface area contributed by atoms with Gasteiger partial charge in [0.05, 0.1) is 5.69 Å². The van der Waals surface area contributed by atoms with Crippen LogP contribution in [0.25, 0.3) is 4.96 Å². The van der Waals surface area contributed by atoms with Crippen LogP contribution in [0.1, 0.15) is 11.4 Å². The van der Waals surface area contributed by atoms with Crippen LogP contribution < -0.4 is 5.32 Å². The first kappa shape index (κ1) is 10.3. The largest absolute Gasteiger partial charge is 0.314 e. The van der Waals surface area contributed by atoms with Crippen LogP contribution in [0.3, 0.4) is 0 Å². The highest BCUT2D eigenvalue weighted by Crippen LogP contribution is 2.16. The number of hydrogen-bond donors (Lipinski definition) is 1. The van der Waals surface area contributed by atoms with Crippen molar-refractivity contribution in [3.8, 4) is 0 Å². The van der Waals surface area contributed by atoms with E-state index in [-0.39, 0.29) is 0 Å². The van der Waals surface area contributed by atoms with Gasteiger partial charge in [-0.25, -0.2) is 4.98 Å². The predicted molar refractivity (Wildman–Crippen MR) is 66.0 cm³/mol. The molecule has 0 saturated carbocycles. The Morgan fingerprint density at radius 2 is 2.25 bits per heavy atom. The number of rotatable bonds is 2. The van der Waals surface area contributed by atoms with Crippen molar-refractivity contribution < 1.29 is 0 Å². The van der Waals surface area contributed by atoms with Crippen LogP contribution in [0.15, 0.2) is 11.6 Å². The summed E-state index contributed by atoms with van der Waals surface area (Å²) in [7, 11) is 0. The van der Waals surface area contributed by atoms with E-state index in [1.165, 1.54) is 11.4 Å². The zero-order valence-corrected chi connectivity index (χ0v) is 10.3. The lowest BCUT2D eigenvalue weighted by Gasteiger charge is -2.26. The van der Waals surface area contributed by atoms with E-state index in [1.54, 1.807) is 11.3 Å². The highest BCUT2D eigenvalue weighted by atomic mass is 32.1. The van der Waals surface area contributed by atoms with Gasteiger partial charge in [-0.1, -0.05) is 0 Å². The van der Waals surface area contributed by atoms with Crippen molar-refractivity contribution in [1.29, 1.82) is 0 Å². The summed E-state index contributed by atoms with van der Waals surface area (Å²) in [5.41, 5.74) is 2.47. The lowest BCUT2D eigenvalue weighted by atomic mass is 10.3. The minimum Gasteiger partial charge on any atom is -0.314 e. The molecule has 0 amide bonds. The summed E-state index contributed by atoms with van der Waals surface area (Å²) in [6.07, 6.45) is 2.17. The average molecular weight is 236 g/mol. The Balaban J connectivity index is 1.78. The molecule has 2 aromatic rings. The Morgan fingerprint density at radius 1 is 1.44 bits per heavy atom. The fraction of sp³-hybridized carbons (Fsp3) is 0.545. The number of aryl methyl sites for hydroxylation is 1. The zero-order chi connectivity index (χ0) is 11.0. The van der Waals surface area contributed by atoms with Crippen molar-refractivity contribution in [1.82, 2.24) is 19.6 Å². The van der Waals surface area contributed by atoms with Gasteiger partial charge in [0.15, 0.2) is 4.96 Å². The summed E-state index contributed by atoms with van der Waals surface area (Å²) < 4.78 is 2.18. The molecule has 0 aliphatic carbocycles. The summed E-state index contributed by atoms with van der Waals surface area (Å²) in [6.45, 7) is 7.56. The van der Waals surface area contributed by atoms with Crippen LogP contribution in [0.5, 0.6) is 0 Å². The Hall–Kier alpha value is -0.910. The topological polar surface area (TPSA) is 32.6 Å². The third-order valence-electron chi connectivity index (χ3n) is 3.03. The number of aromatic nitrogens is 2. The maximum atomic E-state index is 4.65. The van der Waals surface area contributed by atoms with E-state index in [0.717, 1.165) is 37.7 Å². The van der Waals surface area contributed by atoms with E-state index in [4.69, 9.17) is 0 Å². The minimum atomic E-state index is 0.982. The lowest BCUT2D eigenvalue weighted by Crippen LogP contribution is -2.42. The second-order valence-electron chi connectivity index (χ2n) is 4.29. The molecule has 1 saturated heterocycles. The SMILES string of the molecule is Cc1csc2nc(CN3CCNCC3)cn12. The van der Waals surface area contributed by atoms with Gasteiger partial charge in [-0.15, -0.1) is 11.3 Å². The van der Waals surface area contributed by atoms with E-state index in [0.29, 0.717) is 0 Å². The summed E-state index contributed by atoms with van der Waals surface area (Å²) >= 11 is 1.72. The fourth-order valence-electron chi connectivity index (χ4n) is 2.11. The molecule has 0 radical (unpaired) electrons. The second kappa shape index (κ2) is 4.16. The molecular weight excluding hydrogens is 220 g/mol. The number of nitrogens with zero attached hydrogens (tertiary/aromatic N) is 3. The third kappa shape index (κ3) is 1.86. The first-order valence-corrected chi connectivity index (χ1v) is 6.56. The van der Waals surface area contributed by atoms with Gasteiger partial charge in [0.2, 0.25) is 0 Å². The molecule has 2 aromatic heterocycles. The Labute approximate surface area is 98.9 Å². The number of nitrogens with one attached hydrogen (secondary N) is 1. The molecule has 1 fully saturated rings. The van der Waals surface area contributed by atoms with Crippen LogP contribution in [-0.4, -0.2) is 40.5 Å². The number of hydrogen-bond acceptors (Lipinski definition) is 4. The molecular formula is C11H16N4S. The van der Waals surface area contributed by atoms with Gasteiger partial charge in [-0.3, -0.25) is 9.30 Å². The second-order valence-corrected chi connectivity index (χ2v) is 5.12. The molecule has 0 atom stereocenters. The van der Waals surface area contributed by atoms with E-state index in [9.17, 15) is 0 Å². The molecule has 3 heterocycles. The van der Waals surface area contributed by atoms with E-state index >= 15 is 0 Å². The van der Waals surface area contributed by atoms with E-state index in [1.807, 2.05) is 0 Å². The monoisotopic (exact) mass is 236 g/mol. The number of imidazole rings is 1. The Morgan fingerprint density at radius 3 is 3.00 bits per heavy atom. The fourth-order valence-corrected chi connectivity index (χ4v) is 2.98. The van der Waals surface area contributed by atoms with Crippen molar-refractivity contribution in [2.24, 2.45) is 0 Å². The van der Waals surface area contributed by atoms with Crippen LogP contribution in [0.2, 0.25) is 0 Å². The summed E-state index contributed by atoms with van der Waals surface area (Å²) in [5.74, 6) is 0. The van der Waals surface area contributed by atoms with Gasteiger partial charge >= 0.3 is 0 Å². The number of thiazole rings is 1. The molecule has 3 rings (SSSR count). The van der Waals surface area contributed by atoms with Gasteiger partial charge < -0.3 is 5.32 Å². The normalized spacial score (nSPS) is 18.3. The van der Waals surface area contributed by atoms with Gasteiger partial charge in [0.25, 0.3) is 0 Å². The molecule has 1 aliphatic heterocycles. The molecule has 0 unspecified atom stereocenters. The third-order valence-corrected chi connectivity index (χ3v) is 3.99. The van der Waals surface area contributed by atoms with Crippen molar-refractivity contribution in [2.75, 3.05) is 26.2 Å². The molecule has 4 nitrogen and oxygen atoms in total. The highest BCUT2D eigenvalue weighted by molar-refractivity contribution is 7.15.